The molecule has 2 rings (SSSR count). The number of amides is 1. The van der Waals surface area contributed by atoms with E-state index in [9.17, 15) is 9.18 Å². The van der Waals surface area contributed by atoms with Crippen LogP contribution in [0.2, 0.25) is 0 Å². The Hall–Kier alpha value is -1.42. The molecule has 0 atom stereocenters. The molecule has 0 saturated heterocycles. The van der Waals surface area contributed by atoms with Crippen LogP contribution in [0.4, 0.5) is 10.1 Å². The summed E-state index contributed by atoms with van der Waals surface area (Å²) < 4.78 is 13.6. The van der Waals surface area contributed by atoms with E-state index < -0.39 is 11.4 Å². The van der Waals surface area contributed by atoms with Crippen LogP contribution in [-0.4, -0.2) is 11.4 Å². The summed E-state index contributed by atoms with van der Waals surface area (Å²) in [5, 5.41) is 2.62. The maximum absolute atomic E-state index is 13.6. The minimum absolute atomic E-state index is 0.218. The van der Waals surface area contributed by atoms with Crippen molar-refractivity contribution in [3.8, 4) is 0 Å². The lowest BCUT2D eigenvalue weighted by Gasteiger charge is -2.31. The Morgan fingerprint density at radius 3 is 2.67 bits per heavy atom. The first-order valence-corrected chi connectivity index (χ1v) is 6.38. The standard InChI is InChI=1S/C14H19FN2O/c1-10-5-6-11(15)12(9-10)17-13(18)14(16)7-3-2-4-8-14/h5-6,9H,2-4,7-8,16H2,1H3,(H,17,18). The molecular formula is C14H19FN2O. The second-order valence-electron chi connectivity index (χ2n) is 5.15. The monoisotopic (exact) mass is 250 g/mol. The number of carbonyl (C=O) groups is 1. The van der Waals surface area contributed by atoms with Gasteiger partial charge in [0, 0.05) is 0 Å². The second kappa shape index (κ2) is 5.06. The summed E-state index contributed by atoms with van der Waals surface area (Å²) in [6.07, 6.45) is 4.38. The number of halogens is 1. The third kappa shape index (κ3) is 2.70. The fourth-order valence-corrected chi connectivity index (χ4v) is 2.39. The van der Waals surface area contributed by atoms with Gasteiger partial charge in [-0.05, 0) is 37.5 Å². The summed E-state index contributed by atoms with van der Waals surface area (Å²) in [6.45, 7) is 1.86. The first kappa shape index (κ1) is 13.0. The van der Waals surface area contributed by atoms with E-state index in [0.717, 1.165) is 24.8 Å². The largest absolute Gasteiger partial charge is 0.322 e. The van der Waals surface area contributed by atoms with Gasteiger partial charge in [-0.1, -0.05) is 25.3 Å². The Morgan fingerprint density at radius 1 is 1.33 bits per heavy atom. The molecule has 0 bridgehead atoms. The number of rotatable bonds is 2. The smallest absolute Gasteiger partial charge is 0.244 e. The number of hydrogen-bond acceptors (Lipinski definition) is 2. The molecule has 3 N–H and O–H groups in total. The van der Waals surface area contributed by atoms with Gasteiger partial charge in [0.15, 0.2) is 0 Å². The van der Waals surface area contributed by atoms with Crippen molar-refractivity contribution < 1.29 is 9.18 Å². The van der Waals surface area contributed by atoms with Crippen LogP contribution in [0, 0.1) is 12.7 Å². The zero-order valence-corrected chi connectivity index (χ0v) is 10.6. The number of anilines is 1. The fraction of sp³-hybridized carbons (Fsp3) is 0.500. The minimum Gasteiger partial charge on any atom is -0.322 e. The average molecular weight is 250 g/mol. The number of benzene rings is 1. The van der Waals surface area contributed by atoms with Crippen molar-refractivity contribution in [1.82, 2.24) is 0 Å². The van der Waals surface area contributed by atoms with E-state index >= 15 is 0 Å². The molecule has 1 aromatic carbocycles. The van der Waals surface area contributed by atoms with E-state index in [1.165, 1.54) is 6.07 Å². The van der Waals surface area contributed by atoms with Crippen LogP contribution in [0.15, 0.2) is 18.2 Å². The van der Waals surface area contributed by atoms with Crippen LogP contribution >= 0.6 is 0 Å². The quantitative estimate of drug-likeness (QED) is 0.848. The Morgan fingerprint density at radius 2 is 2.00 bits per heavy atom. The van der Waals surface area contributed by atoms with Crippen molar-refractivity contribution in [2.75, 3.05) is 5.32 Å². The van der Waals surface area contributed by atoms with E-state index in [1.54, 1.807) is 12.1 Å². The van der Waals surface area contributed by atoms with Crippen molar-refractivity contribution in [2.24, 2.45) is 5.73 Å². The Bertz CT molecular complexity index is 453. The highest BCUT2D eigenvalue weighted by molar-refractivity contribution is 5.98. The van der Waals surface area contributed by atoms with E-state index in [2.05, 4.69) is 5.32 Å². The van der Waals surface area contributed by atoms with Crippen LogP contribution in [0.25, 0.3) is 0 Å². The Labute approximate surface area is 107 Å². The van der Waals surface area contributed by atoms with Gasteiger partial charge >= 0.3 is 0 Å². The average Bonchev–Trinajstić information content (AvgIpc) is 2.35. The molecule has 3 nitrogen and oxygen atoms in total. The third-order valence-electron chi connectivity index (χ3n) is 3.57. The predicted octanol–water partition coefficient (Wildman–Crippen LogP) is 2.73. The molecule has 0 spiro atoms. The summed E-state index contributed by atoms with van der Waals surface area (Å²) in [5.41, 5.74) is 6.39. The molecule has 0 heterocycles. The van der Waals surface area contributed by atoms with Crippen LogP contribution < -0.4 is 11.1 Å². The Balaban J connectivity index is 2.13. The van der Waals surface area contributed by atoms with Gasteiger partial charge in [0.25, 0.3) is 0 Å². The van der Waals surface area contributed by atoms with E-state index in [1.807, 2.05) is 6.92 Å². The molecule has 1 aromatic rings. The molecule has 1 aliphatic carbocycles. The molecule has 1 saturated carbocycles. The third-order valence-corrected chi connectivity index (χ3v) is 3.57. The molecule has 0 radical (unpaired) electrons. The zero-order chi connectivity index (χ0) is 13.2. The minimum atomic E-state index is -0.839. The normalized spacial score (nSPS) is 18.4. The van der Waals surface area contributed by atoms with Gasteiger partial charge in [-0.15, -0.1) is 0 Å². The van der Waals surface area contributed by atoms with Crippen molar-refractivity contribution in [3.63, 3.8) is 0 Å². The predicted molar refractivity (Wildman–Crippen MR) is 69.8 cm³/mol. The topological polar surface area (TPSA) is 55.1 Å². The molecule has 1 amide bonds. The first-order chi connectivity index (χ1) is 8.51. The molecule has 0 unspecified atom stereocenters. The summed E-state index contributed by atoms with van der Waals surface area (Å²) in [6, 6.07) is 4.65. The highest BCUT2D eigenvalue weighted by atomic mass is 19.1. The zero-order valence-electron chi connectivity index (χ0n) is 10.6. The van der Waals surface area contributed by atoms with Crippen LogP contribution in [0.1, 0.15) is 37.7 Å². The molecule has 0 aromatic heterocycles. The second-order valence-corrected chi connectivity index (χ2v) is 5.15. The number of carbonyl (C=O) groups excluding carboxylic acids is 1. The van der Waals surface area contributed by atoms with E-state index in [0.29, 0.717) is 12.8 Å². The van der Waals surface area contributed by atoms with Gasteiger partial charge < -0.3 is 11.1 Å². The molecule has 1 fully saturated rings. The lowest BCUT2D eigenvalue weighted by atomic mass is 9.82. The number of aryl methyl sites for hydroxylation is 1. The number of nitrogens with two attached hydrogens (primary N) is 1. The molecule has 1 aliphatic rings. The molecule has 0 aliphatic heterocycles. The van der Waals surface area contributed by atoms with Gasteiger partial charge in [-0.25, -0.2) is 4.39 Å². The molecule has 98 valence electrons. The van der Waals surface area contributed by atoms with Gasteiger partial charge in [-0.3, -0.25) is 4.79 Å². The number of hydrogen-bond donors (Lipinski definition) is 2. The summed E-state index contributed by atoms with van der Waals surface area (Å²) >= 11 is 0. The lowest BCUT2D eigenvalue weighted by molar-refractivity contribution is -0.122. The Kier molecular flexibility index (Phi) is 3.66. The summed E-state index contributed by atoms with van der Waals surface area (Å²) in [7, 11) is 0. The maximum atomic E-state index is 13.6. The van der Waals surface area contributed by atoms with Gasteiger partial charge in [0.05, 0.1) is 11.2 Å². The summed E-state index contributed by atoms with van der Waals surface area (Å²) in [5.74, 6) is -0.694. The summed E-state index contributed by atoms with van der Waals surface area (Å²) in [4.78, 5) is 12.2. The van der Waals surface area contributed by atoms with Crippen LogP contribution in [0.5, 0.6) is 0 Å². The van der Waals surface area contributed by atoms with Crippen molar-refractivity contribution in [1.29, 1.82) is 0 Å². The van der Waals surface area contributed by atoms with Crippen LogP contribution in [-0.2, 0) is 4.79 Å². The molecule has 18 heavy (non-hydrogen) atoms. The van der Waals surface area contributed by atoms with Crippen molar-refractivity contribution in [3.05, 3.63) is 29.6 Å². The van der Waals surface area contributed by atoms with Crippen LogP contribution in [0.3, 0.4) is 0 Å². The molecule has 4 heteroatoms. The highest BCUT2D eigenvalue weighted by Gasteiger charge is 2.35. The van der Waals surface area contributed by atoms with Crippen molar-refractivity contribution >= 4 is 11.6 Å². The number of nitrogens with one attached hydrogen (secondary N) is 1. The fourth-order valence-electron chi connectivity index (χ4n) is 2.39. The lowest BCUT2D eigenvalue weighted by Crippen LogP contribution is -2.52. The van der Waals surface area contributed by atoms with Gasteiger partial charge in [0.1, 0.15) is 5.82 Å². The van der Waals surface area contributed by atoms with Gasteiger partial charge in [0.2, 0.25) is 5.91 Å². The maximum Gasteiger partial charge on any atom is 0.244 e. The van der Waals surface area contributed by atoms with E-state index in [-0.39, 0.29) is 11.6 Å². The SMILES string of the molecule is Cc1ccc(F)c(NC(=O)C2(N)CCCCC2)c1. The first-order valence-electron chi connectivity index (χ1n) is 6.38. The van der Waals surface area contributed by atoms with Gasteiger partial charge in [-0.2, -0.15) is 0 Å². The highest BCUT2D eigenvalue weighted by Crippen LogP contribution is 2.27. The van der Waals surface area contributed by atoms with E-state index in [4.69, 9.17) is 5.73 Å². The molecular weight excluding hydrogens is 231 g/mol. The van der Waals surface area contributed by atoms with Crippen molar-refractivity contribution in [2.45, 2.75) is 44.6 Å².